The van der Waals surface area contributed by atoms with E-state index in [9.17, 15) is 9.59 Å². The molecule has 1 fully saturated rings. The molecule has 0 unspecified atom stereocenters. The van der Waals surface area contributed by atoms with E-state index in [4.69, 9.17) is 21.7 Å². The Morgan fingerprint density at radius 3 is 2.97 bits per heavy atom. The number of hydrogen-bond donors (Lipinski definition) is 3. The zero-order valence-electron chi connectivity index (χ0n) is 17.0. The first-order chi connectivity index (χ1) is 14.6. The third-order valence-electron chi connectivity index (χ3n) is 5.53. The lowest BCUT2D eigenvalue weighted by Crippen LogP contribution is -2.31. The fourth-order valence-electron chi connectivity index (χ4n) is 3.87. The molecule has 1 aromatic carbocycles. The lowest BCUT2D eigenvalue weighted by Gasteiger charge is -2.11. The molecule has 1 aliphatic rings. The van der Waals surface area contributed by atoms with Crippen LogP contribution in [0.2, 0.25) is 0 Å². The zero-order chi connectivity index (χ0) is 21.1. The second-order valence-corrected chi connectivity index (χ2v) is 7.96. The van der Waals surface area contributed by atoms with E-state index in [2.05, 4.69) is 15.3 Å². The molecule has 1 amide bonds. The summed E-state index contributed by atoms with van der Waals surface area (Å²) in [4.78, 5) is 31.3. The highest BCUT2D eigenvalue weighted by Gasteiger charge is 2.16. The fourth-order valence-corrected chi connectivity index (χ4v) is 4.15. The van der Waals surface area contributed by atoms with E-state index in [0.717, 1.165) is 30.4 Å². The number of benzene rings is 1. The fraction of sp³-hybridized carbons (Fsp3) is 0.476. The maximum Gasteiger partial charge on any atom is 0.278 e. The number of ether oxygens (including phenoxy) is 2. The maximum absolute atomic E-state index is 13.0. The molecule has 0 radical (unpaired) electrons. The number of unbranched alkanes of at least 4 members (excludes halogenated alkanes) is 1. The van der Waals surface area contributed by atoms with Crippen LogP contribution >= 0.6 is 12.2 Å². The van der Waals surface area contributed by atoms with Crippen molar-refractivity contribution in [1.29, 1.82) is 0 Å². The van der Waals surface area contributed by atoms with Gasteiger partial charge in [-0.25, -0.2) is 0 Å². The molecule has 2 aromatic heterocycles. The normalized spacial score (nSPS) is 16.4. The molecule has 160 valence electrons. The van der Waals surface area contributed by atoms with Crippen LogP contribution in [0.15, 0.2) is 23.0 Å². The molecule has 3 aromatic rings. The molecular weight excluding hydrogens is 404 g/mol. The minimum atomic E-state index is -0.160. The Balaban J connectivity index is 1.40. The monoisotopic (exact) mass is 430 g/mol. The third-order valence-corrected chi connectivity index (χ3v) is 5.85. The van der Waals surface area contributed by atoms with Crippen LogP contribution in [0.25, 0.3) is 21.9 Å². The van der Waals surface area contributed by atoms with Gasteiger partial charge in [-0.15, -0.1) is 0 Å². The molecule has 0 saturated carbocycles. The Bertz CT molecular complexity index is 1170. The number of aromatic nitrogens is 3. The first-order valence-corrected chi connectivity index (χ1v) is 10.7. The molecule has 1 atom stereocenters. The van der Waals surface area contributed by atoms with Gasteiger partial charge in [0, 0.05) is 37.0 Å². The van der Waals surface area contributed by atoms with Gasteiger partial charge in [-0.1, -0.05) is 0 Å². The summed E-state index contributed by atoms with van der Waals surface area (Å²) < 4.78 is 12.7. The summed E-state index contributed by atoms with van der Waals surface area (Å²) in [6.45, 7) is 1.82. The zero-order valence-corrected chi connectivity index (χ0v) is 17.8. The van der Waals surface area contributed by atoms with E-state index in [-0.39, 0.29) is 17.6 Å². The van der Waals surface area contributed by atoms with Crippen LogP contribution in [0.5, 0.6) is 5.75 Å². The van der Waals surface area contributed by atoms with E-state index in [1.54, 1.807) is 11.7 Å². The number of aromatic amines is 2. The molecule has 4 rings (SSSR count). The number of carbonyl (C=O) groups is 1. The van der Waals surface area contributed by atoms with E-state index in [0.29, 0.717) is 53.9 Å². The highest BCUT2D eigenvalue weighted by molar-refractivity contribution is 7.71. The van der Waals surface area contributed by atoms with Crippen molar-refractivity contribution >= 4 is 40.1 Å². The second kappa shape index (κ2) is 9.01. The van der Waals surface area contributed by atoms with Gasteiger partial charge in [0.25, 0.3) is 5.56 Å². The van der Waals surface area contributed by atoms with E-state index >= 15 is 0 Å². The van der Waals surface area contributed by atoms with Gasteiger partial charge in [-0.2, -0.15) is 0 Å². The molecule has 3 N–H and O–H groups in total. The van der Waals surface area contributed by atoms with Crippen molar-refractivity contribution in [3.63, 3.8) is 0 Å². The van der Waals surface area contributed by atoms with Crippen LogP contribution in [0.4, 0.5) is 0 Å². The molecule has 3 heterocycles. The van der Waals surface area contributed by atoms with Gasteiger partial charge in [0.15, 0.2) is 4.77 Å². The van der Waals surface area contributed by atoms with Crippen molar-refractivity contribution in [3.05, 3.63) is 33.3 Å². The highest BCUT2D eigenvalue weighted by atomic mass is 32.1. The van der Waals surface area contributed by atoms with Gasteiger partial charge in [0.05, 0.1) is 18.7 Å². The minimum Gasteiger partial charge on any atom is -0.497 e. The molecule has 30 heavy (non-hydrogen) atoms. The summed E-state index contributed by atoms with van der Waals surface area (Å²) in [6, 6.07) is 5.59. The van der Waals surface area contributed by atoms with E-state index < -0.39 is 0 Å². The predicted octanol–water partition coefficient (Wildman–Crippen LogP) is 3.01. The smallest absolute Gasteiger partial charge is 0.278 e. The van der Waals surface area contributed by atoms with Crippen molar-refractivity contribution in [3.8, 4) is 5.75 Å². The molecule has 8 nitrogen and oxygen atoms in total. The standard InChI is InChI=1S/C21H26N4O4S/c1-28-13-7-8-16-15(11-13)18-19(23-16)20(27)25(21(30)24-18)9-3-2-6-17(26)22-12-14-5-4-10-29-14/h7-8,11,14,23H,2-6,9-10,12H2,1H3,(H,22,26)(H,24,30)/t14-/m1/s1. The average Bonchev–Trinajstić information content (AvgIpc) is 3.39. The summed E-state index contributed by atoms with van der Waals surface area (Å²) in [5, 5.41) is 3.78. The molecule has 9 heteroatoms. The number of carbonyl (C=O) groups excluding carboxylic acids is 1. The van der Waals surface area contributed by atoms with Gasteiger partial charge in [0.2, 0.25) is 5.91 Å². The topological polar surface area (TPSA) is 101 Å². The minimum absolute atomic E-state index is 0.0167. The first kappa shape index (κ1) is 20.6. The van der Waals surface area contributed by atoms with Crippen molar-refractivity contribution < 1.29 is 14.3 Å². The van der Waals surface area contributed by atoms with Crippen LogP contribution in [-0.2, 0) is 16.1 Å². The summed E-state index contributed by atoms with van der Waals surface area (Å²) in [5.74, 6) is 0.729. The van der Waals surface area contributed by atoms with Gasteiger partial charge >= 0.3 is 0 Å². The van der Waals surface area contributed by atoms with Crippen LogP contribution in [-0.4, -0.2) is 46.8 Å². The van der Waals surface area contributed by atoms with Gasteiger partial charge in [-0.3, -0.25) is 14.2 Å². The lowest BCUT2D eigenvalue weighted by atomic mass is 10.2. The Morgan fingerprint density at radius 2 is 2.20 bits per heavy atom. The highest BCUT2D eigenvalue weighted by Crippen LogP contribution is 2.25. The molecule has 1 saturated heterocycles. The molecular formula is C21H26N4O4S. The SMILES string of the molecule is COc1ccc2[nH]c3c(=O)n(CCCCC(=O)NC[C@H]4CCCO4)c(=S)[nH]c3c2c1. The van der Waals surface area contributed by atoms with Crippen molar-refractivity contribution in [1.82, 2.24) is 19.9 Å². The first-order valence-electron chi connectivity index (χ1n) is 10.3. The van der Waals surface area contributed by atoms with Gasteiger partial charge < -0.3 is 24.8 Å². The Labute approximate surface area is 178 Å². The maximum atomic E-state index is 13.0. The summed E-state index contributed by atoms with van der Waals surface area (Å²) in [5.41, 5.74) is 1.85. The second-order valence-electron chi connectivity index (χ2n) is 7.57. The number of rotatable bonds is 8. The number of fused-ring (bicyclic) bond motifs is 3. The van der Waals surface area contributed by atoms with Crippen molar-refractivity contribution in [2.75, 3.05) is 20.3 Å². The number of nitrogens with one attached hydrogen (secondary N) is 3. The largest absolute Gasteiger partial charge is 0.497 e. The van der Waals surface area contributed by atoms with Gasteiger partial charge in [0.1, 0.15) is 11.3 Å². The Morgan fingerprint density at radius 1 is 1.33 bits per heavy atom. The molecule has 0 spiro atoms. The number of nitrogens with zero attached hydrogens (tertiary/aromatic N) is 1. The van der Waals surface area contributed by atoms with E-state index in [1.165, 1.54) is 0 Å². The molecule has 1 aliphatic heterocycles. The number of methoxy groups -OCH3 is 1. The molecule has 0 bridgehead atoms. The van der Waals surface area contributed by atoms with Crippen LogP contribution < -0.4 is 15.6 Å². The van der Waals surface area contributed by atoms with E-state index in [1.807, 2.05) is 18.2 Å². The van der Waals surface area contributed by atoms with Crippen LogP contribution in [0, 0.1) is 4.77 Å². The lowest BCUT2D eigenvalue weighted by molar-refractivity contribution is -0.121. The Kier molecular flexibility index (Phi) is 6.19. The third kappa shape index (κ3) is 4.27. The number of H-pyrrole nitrogens is 2. The van der Waals surface area contributed by atoms with Crippen LogP contribution in [0.3, 0.4) is 0 Å². The van der Waals surface area contributed by atoms with Gasteiger partial charge in [-0.05, 0) is 56.1 Å². The molecule has 0 aliphatic carbocycles. The Hall–Kier alpha value is -2.65. The number of hydrogen-bond acceptors (Lipinski definition) is 5. The van der Waals surface area contributed by atoms with Crippen molar-refractivity contribution in [2.45, 2.75) is 44.8 Å². The predicted molar refractivity (Wildman–Crippen MR) is 118 cm³/mol. The summed E-state index contributed by atoms with van der Waals surface area (Å²) in [7, 11) is 1.61. The van der Waals surface area contributed by atoms with Crippen molar-refractivity contribution in [2.24, 2.45) is 0 Å². The summed E-state index contributed by atoms with van der Waals surface area (Å²) >= 11 is 5.43. The average molecular weight is 431 g/mol. The number of amides is 1. The summed E-state index contributed by atoms with van der Waals surface area (Å²) in [6.07, 6.45) is 4.00. The van der Waals surface area contributed by atoms with Crippen LogP contribution in [0.1, 0.15) is 32.1 Å². The quantitative estimate of drug-likeness (QED) is 0.377.